The lowest BCUT2D eigenvalue weighted by Gasteiger charge is -2.34. The van der Waals surface area contributed by atoms with Gasteiger partial charge in [0.25, 0.3) is 0 Å². The SMILES string of the molecule is CC(=O)N1c2ccc(S(=O)(=O)NCCC(=O)N[C@@H]3CCC[C@H](C)[C@@H]3C)cc2C[C@H]1C. The van der Waals surface area contributed by atoms with Gasteiger partial charge in [0.1, 0.15) is 0 Å². The monoisotopic (exact) mass is 435 g/mol. The molecular weight excluding hydrogens is 402 g/mol. The first-order chi connectivity index (χ1) is 14.1. The molecular formula is C22H33N3O4S. The van der Waals surface area contributed by atoms with Gasteiger partial charge in [-0.3, -0.25) is 9.59 Å². The van der Waals surface area contributed by atoms with E-state index in [4.69, 9.17) is 0 Å². The van der Waals surface area contributed by atoms with E-state index in [0.29, 0.717) is 18.3 Å². The van der Waals surface area contributed by atoms with Crippen molar-refractivity contribution in [1.82, 2.24) is 10.0 Å². The highest BCUT2D eigenvalue weighted by Crippen LogP contribution is 2.34. The normalized spacial score (nSPS) is 26.3. The van der Waals surface area contributed by atoms with Crippen LogP contribution in [0.3, 0.4) is 0 Å². The van der Waals surface area contributed by atoms with Crippen molar-refractivity contribution < 1.29 is 18.0 Å². The van der Waals surface area contributed by atoms with Gasteiger partial charge in [-0.15, -0.1) is 0 Å². The summed E-state index contributed by atoms with van der Waals surface area (Å²) in [6.45, 7) is 7.89. The molecule has 2 amide bonds. The summed E-state index contributed by atoms with van der Waals surface area (Å²) in [6, 6.07) is 5.01. The van der Waals surface area contributed by atoms with Gasteiger partial charge in [0.05, 0.1) is 4.90 Å². The zero-order valence-corrected chi connectivity index (χ0v) is 19.1. The van der Waals surface area contributed by atoms with E-state index in [-0.39, 0.29) is 41.8 Å². The van der Waals surface area contributed by atoms with Gasteiger partial charge in [-0.1, -0.05) is 26.7 Å². The van der Waals surface area contributed by atoms with Crippen LogP contribution in [-0.4, -0.2) is 38.9 Å². The predicted octanol–water partition coefficient (Wildman–Crippen LogP) is 2.59. The average molecular weight is 436 g/mol. The summed E-state index contributed by atoms with van der Waals surface area (Å²) in [5.74, 6) is 0.845. The fourth-order valence-electron chi connectivity index (χ4n) is 4.70. The fraction of sp³-hybridized carbons (Fsp3) is 0.636. The van der Waals surface area contributed by atoms with Crippen molar-refractivity contribution in [1.29, 1.82) is 0 Å². The Morgan fingerprint density at radius 1 is 1.17 bits per heavy atom. The van der Waals surface area contributed by atoms with Crippen LogP contribution in [0.25, 0.3) is 0 Å². The highest BCUT2D eigenvalue weighted by Gasteiger charge is 2.30. The van der Waals surface area contributed by atoms with Crippen molar-refractivity contribution >= 4 is 27.5 Å². The number of fused-ring (bicyclic) bond motifs is 1. The Hall–Kier alpha value is -1.93. The van der Waals surface area contributed by atoms with Crippen LogP contribution in [-0.2, 0) is 26.0 Å². The number of carbonyl (C=O) groups excluding carboxylic acids is 2. The molecule has 30 heavy (non-hydrogen) atoms. The predicted molar refractivity (Wildman–Crippen MR) is 117 cm³/mol. The summed E-state index contributed by atoms with van der Waals surface area (Å²) in [4.78, 5) is 26.0. The third kappa shape index (κ3) is 4.86. The molecule has 7 nitrogen and oxygen atoms in total. The minimum atomic E-state index is -3.72. The quantitative estimate of drug-likeness (QED) is 0.718. The summed E-state index contributed by atoms with van der Waals surface area (Å²) >= 11 is 0. The van der Waals surface area contributed by atoms with Crippen LogP contribution in [0.5, 0.6) is 0 Å². The van der Waals surface area contributed by atoms with Crippen LogP contribution < -0.4 is 14.9 Å². The number of carbonyl (C=O) groups is 2. The molecule has 0 unspecified atom stereocenters. The lowest BCUT2D eigenvalue weighted by atomic mass is 9.78. The van der Waals surface area contributed by atoms with Gasteiger partial charge in [-0.2, -0.15) is 0 Å². The van der Waals surface area contributed by atoms with Crippen LogP contribution in [0.4, 0.5) is 5.69 Å². The van der Waals surface area contributed by atoms with Crippen LogP contribution in [0.15, 0.2) is 23.1 Å². The molecule has 1 aliphatic carbocycles. The van der Waals surface area contributed by atoms with Crippen LogP contribution >= 0.6 is 0 Å². The Morgan fingerprint density at radius 3 is 2.60 bits per heavy atom. The van der Waals surface area contributed by atoms with Gasteiger partial charge >= 0.3 is 0 Å². The van der Waals surface area contributed by atoms with Crippen molar-refractivity contribution in [2.24, 2.45) is 11.8 Å². The molecule has 1 saturated carbocycles. The Labute approximate surface area is 179 Å². The Bertz CT molecular complexity index is 915. The fourth-order valence-corrected chi connectivity index (χ4v) is 5.78. The van der Waals surface area contributed by atoms with E-state index in [0.717, 1.165) is 24.1 Å². The van der Waals surface area contributed by atoms with E-state index < -0.39 is 10.0 Å². The first-order valence-electron chi connectivity index (χ1n) is 10.8. The minimum absolute atomic E-state index is 0.0111. The van der Waals surface area contributed by atoms with Crippen LogP contribution in [0.2, 0.25) is 0 Å². The van der Waals surface area contributed by atoms with Gasteiger partial charge in [-0.25, -0.2) is 13.1 Å². The average Bonchev–Trinajstić information content (AvgIpc) is 3.00. The first-order valence-corrected chi connectivity index (χ1v) is 12.3. The summed E-state index contributed by atoms with van der Waals surface area (Å²) < 4.78 is 27.9. The summed E-state index contributed by atoms with van der Waals surface area (Å²) in [7, 11) is -3.72. The van der Waals surface area contributed by atoms with Crippen LogP contribution in [0, 0.1) is 11.8 Å². The zero-order valence-electron chi connectivity index (χ0n) is 18.3. The molecule has 1 aromatic carbocycles. The highest BCUT2D eigenvalue weighted by atomic mass is 32.2. The summed E-state index contributed by atoms with van der Waals surface area (Å²) in [5.41, 5.74) is 1.61. The Morgan fingerprint density at radius 2 is 1.90 bits per heavy atom. The number of hydrogen-bond donors (Lipinski definition) is 2. The van der Waals surface area contributed by atoms with Crippen molar-refractivity contribution in [3.8, 4) is 0 Å². The number of nitrogens with zero attached hydrogens (tertiary/aromatic N) is 1. The number of benzene rings is 1. The maximum atomic E-state index is 12.7. The Kier molecular flexibility index (Phi) is 6.87. The molecule has 1 aromatic rings. The second-order valence-electron chi connectivity index (χ2n) is 8.82. The van der Waals surface area contributed by atoms with E-state index in [1.165, 1.54) is 19.4 Å². The molecule has 8 heteroatoms. The minimum Gasteiger partial charge on any atom is -0.353 e. The molecule has 0 saturated heterocycles. The van der Waals surface area contributed by atoms with Crippen molar-refractivity contribution in [2.75, 3.05) is 11.4 Å². The molecule has 1 fully saturated rings. The van der Waals surface area contributed by atoms with E-state index in [2.05, 4.69) is 23.9 Å². The number of nitrogens with one attached hydrogen (secondary N) is 2. The van der Waals surface area contributed by atoms with Gasteiger partial charge in [0, 0.05) is 37.7 Å². The maximum absolute atomic E-state index is 12.7. The Balaban J connectivity index is 1.56. The molecule has 0 spiro atoms. The van der Waals surface area contributed by atoms with E-state index >= 15 is 0 Å². The highest BCUT2D eigenvalue weighted by molar-refractivity contribution is 7.89. The largest absolute Gasteiger partial charge is 0.353 e. The molecule has 0 bridgehead atoms. The number of hydrogen-bond acceptors (Lipinski definition) is 4. The summed E-state index contributed by atoms with van der Waals surface area (Å²) in [6.07, 6.45) is 4.02. The van der Waals surface area contributed by atoms with E-state index in [1.807, 2.05) is 6.92 Å². The van der Waals surface area contributed by atoms with E-state index in [9.17, 15) is 18.0 Å². The number of anilines is 1. The maximum Gasteiger partial charge on any atom is 0.240 e. The molecule has 0 aromatic heterocycles. The third-order valence-corrected chi connectivity index (χ3v) is 8.07. The van der Waals surface area contributed by atoms with Gasteiger partial charge in [-0.05, 0) is 55.4 Å². The number of rotatable bonds is 6. The topological polar surface area (TPSA) is 95.6 Å². The summed E-state index contributed by atoms with van der Waals surface area (Å²) in [5, 5.41) is 3.07. The number of sulfonamides is 1. The second-order valence-corrected chi connectivity index (χ2v) is 10.6. The third-order valence-electron chi connectivity index (χ3n) is 6.61. The molecule has 166 valence electrons. The molecule has 4 atom stereocenters. The van der Waals surface area contributed by atoms with Crippen molar-refractivity contribution in [3.05, 3.63) is 23.8 Å². The zero-order chi connectivity index (χ0) is 22.1. The lowest BCUT2D eigenvalue weighted by molar-refractivity contribution is -0.122. The molecule has 0 radical (unpaired) electrons. The molecule has 2 aliphatic rings. The van der Waals surface area contributed by atoms with E-state index in [1.54, 1.807) is 17.0 Å². The van der Waals surface area contributed by atoms with Gasteiger partial charge in [0.2, 0.25) is 21.8 Å². The van der Waals surface area contributed by atoms with Crippen molar-refractivity contribution in [3.63, 3.8) is 0 Å². The number of amides is 2. The lowest BCUT2D eigenvalue weighted by Crippen LogP contribution is -2.44. The first kappa shape index (κ1) is 22.7. The van der Waals surface area contributed by atoms with Gasteiger partial charge in [0.15, 0.2) is 0 Å². The van der Waals surface area contributed by atoms with Gasteiger partial charge < -0.3 is 10.2 Å². The smallest absolute Gasteiger partial charge is 0.240 e. The molecule has 1 aliphatic heterocycles. The molecule has 3 rings (SSSR count). The molecule has 2 N–H and O–H groups in total. The second kappa shape index (κ2) is 9.06. The molecule has 1 heterocycles. The van der Waals surface area contributed by atoms with Crippen molar-refractivity contribution in [2.45, 2.75) is 76.8 Å². The standard InChI is InChI=1S/C22H33N3O4S/c1-14-6-5-7-20(16(14)3)24-22(27)10-11-23-30(28,29)19-8-9-21-18(13-19)12-15(2)25(21)17(4)26/h8-9,13-16,20,23H,5-7,10-12H2,1-4H3,(H,24,27)/t14-,15+,16-,20+/m0/s1. The van der Waals surface area contributed by atoms with Crippen LogP contribution in [0.1, 0.15) is 58.9 Å².